The zero-order chi connectivity index (χ0) is 12.0. The number of hydrogen-bond acceptors (Lipinski definition) is 2. The SMILES string of the molecule is CCCC[C@H](NC(=O)c1ccc[nH]1)C(=O)O. The Morgan fingerprint density at radius 2 is 2.31 bits per heavy atom. The lowest BCUT2D eigenvalue weighted by Crippen LogP contribution is -2.40. The molecule has 0 bridgehead atoms. The fourth-order valence-electron chi connectivity index (χ4n) is 1.37. The Kier molecular flexibility index (Phi) is 4.57. The number of rotatable bonds is 6. The minimum absolute atomic E-state index is 0.378. The fraction of sp³-hybridized carbons (Fsp3) is 0.455. The van der Waals surface area contributed by atoms with Crippen LogP contribution < -0.4 is 5.32 Å². The number of aromatic nitrogens is 1. The largest absolute Gasteiger partial charge is 0.480 e. The lowest BCUT2D eigenvalue weighted by molar-refractivity contribution is -0.139. The van der Waals surface area contributed by atoms with Crippen molar-refractivity contribution in [3.8, 4) is 0 Å². The molecule has 0 fully saturated rings. The summed E-state index contributed by atoms with van der Waals surface area (Å²) >= 11 is 0. The molecule has 1 aromatic rings. The Labute approximate surface area is 93.9 Å². The summed E-state index contributed by atoms with van der Waals surface area (Å²) in [5.41, 5.74) is 0.378. The molecule has 1 amide bonds. The molecule has 0 aromatic carbocycles. The summed E-state index contributed by atoms with van der Waals surface area (Å²) in [6.45, 7) is 1.98. The van der Waals surface area contributed by atoms with Crippen LogP contribution in [0.4, 0.5) is 0 Å². The number of H-pyrrole nitrogens is 1. The number of aliphatic carboxylic acids is 1. The number of aromatic amines is 1. The van der Waals surface area contributed by atoms with Gasteiger partial charge in [-0.25, -0.2) is 4.79 Å². The van der Waals surface area contributed by atoms with E-state index in [-0.39, 0.29) is 5.91 Å². The van der Waals surface area contributed by atoms with Crippen molar-refractivity contribution in [1.82, 2.24) is 10.3 Å². The van der Waals surface area contributed by atoms with Gasteiger partial charge in [0.2, 0.25) is 0 Å². The van der Waals surface area contributed by atoms with Crippen molar-refractivity contribution >= 4 is 11.9 Å². The highest BCUT2D eigenvalue weighted by atomic mass is 16.4. The van der Waals surface area contributed by atoms with Crippen molar-refractivity contribution < 1.29 is 14.7 Å². The molecule has 5 heteroatoms. The van der Waals surface area contributed by atoms with Crippen molar-refractivity contribution in [2.75, 3.05) is 0 Å². The average molecular weight is 224 g/mol. The lowest BCUT2D eigenvalue weighted by atomic mass is 10.1. The maximum atomic E-state index is 11.6. The summed E-state index contributed by atoms with van der Waals surface area (Å²) in [6.07, 6.45) is 3.76. The number of unbranched alkanes of at least 4 members (excludes halogenated alkanes) is 1. The van der Waals surface area contributed by atoms with Gasteiger partial charge < -0.3 is 15.4 Å². The molecule has 0 spiro atoms. The normalized spacial score (nSPS) is 12.1. The second-order valence-corrected chi connectivity index (χ2v) is 3.59. The smallest absolute Gasteiger partial charge is 0.326 e. The first-order chi connectivity index (χ1) is 7.65. The van der Waals surface area contributed by atoms with E-state index in [0.717, 1.165) is 12.8 Å². The highest BCUT2D eigenvalue weighted by Crippen LogP contribution is 2.03. The van der Waals surface area contributed by atoms with Crippen LogP contribution in [0.3, 0.4) is 0 Å². The Morgan fingerprint density at radius 1 is 1.56 bits per heavy atom. The Balaban J connectivity index is 2.54. The monoisotopic (exact) mass is 224 g/mol. The molecule has 0 saturated heterocycles. The van der Waals surface area contributed by atoms with Gasteiger partial charge in [0.25, 0.3) is 5.91 Å². The predicted octanol–water partition coefficient (Wildman–Crippen LogP) is 1.39. The number of carboxylic acid groups (broad SMARTS) is 1. The van der Waals surface area contributed by atoms with Gasteiger partial charge in [-0.2, -0.15) is 0 Å². The van der Waals surface area contributed by atoms with Crippen LogP contribution in [0.2, 0.25) is 0 Å². The summed E-state index contributed by atoms with van der Waals surface area (Å²) in [5.74, 6) is -1.37. The van der Waals surface area contributed by atoms with E-state index in [1.54, 1.807) is 18.3 Å². The van der Waals surface area contributed by atoms with E-state index >= 15 is 0 Å². The molecule has 16 heavy (non-hydrogen) atoms. The molecule has 0 aliphatic heterocycles. The van der Waals surface area contributed by atoms with Crippen molar-refractivity contribution in [3.05, 3.63) is 24.0 Å². The van der Waals surface area contributed by atoms with E-state index in [4.69, 9.17) is 5.11 Å². The third kappa shape index (κ3) is 3.42. The number of carboxylic acids is 1. The molecule has 1 aromatic heterocycles. The van der Waals surface area contributed by atoms with Gasteiger partial charge in [-0.05, 0) is 18.6 Å². The van der Waals surface area contributed by atoms with Crippen LogP contribution in [0.15, 0.2) is 18.3 Å². The third-order valence-electron chi connectivity index (χ3n) is 2.29. The molecular weight excluding hydrogens is 208 g/mol. The minimum atomic E-state index is -0.992. The summed E-state index contributed by atoms with van der Waals surface area (Å²) < 4.78 is 0. The molecule has 0 aliphatic rings. The minimum Gasteiger partial charge on any atom is -0.480 e. The number of carbonyl (C=O) groups excluding carboxylic acids is 1. The van der Waals surface area contributed by atoms with Crippen LogP contribution in [0.1, 0.15) is 36.7 Å². The third-order valence-corrected chi connectivity index (χ3v) is 2.29. The average Bonchev–Trinajstić information content (AvgIpc) is 2.76. The second-order valence-electron chi connectivity index (χ2n) is 3.59. The Hall–Kier alpha value is -1.78. The second kappa shape index (κ2) is 5.95. The molecule has 1 rings (SSSR count). The topological polar surface area (TPSA) is 82.2 Å². The summed E-state index contributed by atoms with van der Waals surface area (Å²) in [6, 6.07) is 2.49. The van der Waals surface area contributed by atoms with E-state index in [0.29, 0.717) is 12.1 Å². The number of amides is 1. The zero-order valence-corrected chi connectivity index (χ0v) is 9.19. The van der Waals surface area contributed by atoms with Gasteiger partial charge in [-0.15, -0.1) is 0 Å². The molecular formula is C11H16N2O3. The van der Waals surface area contributed by atoms with Crippen LogP contribution in [-0.2, 0) is 4.79 Å². The van der Waals surface area contributed by atoms with Crippen molar-refractivity contribution in [2.45, 2.75) is 32.2 Å². The maximum Gasteiger partial charge on any atom is 0.326 e. The van der Waals surface area contributed by atoms with Crippen LogP contribution >= 0.6 is 0 Å². The van der Waals surface area contributed by atoms with Gasteiger partial charge in [0.05, 0.1) is 0 Å². The standard InChI is InChI=1S/C11H16N2O3/c1-2-3-5-9(11(15)16)13-10(14)8-6-4-7-12-8/h4,6-7,9,12H,2-3,5H2,1H3,(H,13,14)(H,15,16)/t9-/m0/s1. The molecule has 5 nitrogen and oxygen atoms in total. The Morgan fingerprint density at radius 3 is 2.81 bits per heavy atom. The van der Waals surface area contributed by atoms with Crippen LogP contribution in [0, 0.1) is 0 Å². The summed E-state index contributed by atoms with van der Waals surface area (Å²) in [7, 11) is 0. The first-order valence-corrected chi connectivity index (χ1v) is 5.32. The number of carbonyl (C=O) groups is 2. The van der Waals surface area contributed by atoms with E-state index in [1.807, 2.05) is 6.92 Å². The quantitative estimate of drug-likeness (QED) is 0.682. The van der Waals surface area contributed by atoms with Crippen molar-refractivity contribution in [3.63, 3.8) is 0 Å². The summed E-state index contributed by atoms with van der Waals surface area (Å²) in [4.78, 5) is 25.2. The van der Waals surface area contributed by atoms with Gasteiger partial charge in [0.15, 0.2) is 0 Å². The van der Waals surface area contributed by atoms with E-state index in [9.17, 15) is 9.59 Å². The molecule has 0 unspecified atom stereocenters. The van der Waals surface area contributed by atoms with E-state index in [2.05, 4.69) is 10.3 Å². The molecule has 3 N–H and O–H groups in total. The number of nitrogens with one attached hydrogen (secondary N) is 2. The van der Waals surface area contributed by atoms with Crippen LogP contribution in [-0.4, -0.2) is 28.0 Å². The van der Waals surface area contributed by atoms with Crippen molar-refractivity contribution in [2.24, 2.45) is 0 Å². The highest BCUT2D eigenvalue weighted by Gasteiger charge is 2.19. The van der Waals surface area contributed by atoms with E-state index < -0.39 is 12.0 Å². The highest BCUT2D eigenvalue weighted by molar-refractivity contribution is 5.94. The van der Waals surface area contributed by atoms with Crippen LogP contribution in [0.25, 0.3) is 0 Å². The van der Waals surface area contributed by atoms with Gasteiger partial charge in [0, 0.05) is 6.20 Å². The maximum absolute atomic E-state index is 11.6. The molecule has 0 aliphatic carbocycles. The summed E-state index contributed by atoms with van der Waals surface area (Å²) in [5, 5.41) is 11.4. The number of hydrogen-bond donors (Lipinski definition) is 3. The molecule has 1 atom stereocenters. The lowest BCUT2D eigenvalue weighted by Gasteiger charge is -2.13. The van der Waals surface area contributed by atoms with E-state index in [1.165, 1.54) is 0 Å². The first-order valence-electron chi connectivity index (χ1n) is 5.32. The molecule has 0 saturated carbocycles. The zero-order valence-electron chi connectivity index (χ0n) is 9.19. The van der Waals surface area contributed by atoms with Crippen molar-refractivity contribution in [1.29, 1.82) is 0 Å². The Bertz CT molecular complexity index is 346. The van der Waals surface area contributed by atoms with Gasteiger partial charge in [0.1, 0.15) is 11.7 Å². The van der Waals surface area contributed by atoms with Crippen LogP contribution in [0.5, 0.6) is 0 Å². The van der Waals surface area contributed by atoms with Gasteiger partial charge in [-0.1, -0.05) is 19.8 Å². The molecule has 1 heterocycles. The fourth-order valence-corrected chi connectivity index (χ4v) is 1.37. The first kappa shape index (κ1) is 12.3. The van der Waals surface area contributed by atoms with Gasteiger partial charge >= 0.3 is 5.97 Å². The molecule has 0 radical (unpaired) electrons. The molecule has 88 valence electrons. The van der Waals surface area contributed by atoms with Gasteiger partial charge in [-0.3, -0.25) is 4.79 Å². The predicted molar refractivity (Wildman–Crippen MR) is 59.2 cm³/mol.